The normalized spacial score (nSPS) is 10.7. The van der Waals surface area contributed by atoms with Crippen molar-refractivity contribution < 1.29 is 4.79 Å². The lowest BCUT2D eigenvalue weighted by molar-refractivity contribution is 0.102. The number of carbonyl (C=O) groups is 1. The second-order valence-corrected chi connectivity index (χ2v) is 5.23. The van der Waals surface area contributed by atoms with Crippen LogP contribution in [0.4, 0.5) is 5.82 Å². The molecular formula is C18H13N5O. The van der Waals surface area contributed by atoms with Crippen molar-refractivity contribution in [1.82, 2.24) is 19.7 Å². The molecule has 1 amide bonds. The Morgan fingerprint density at radius 1 is 0.958 bits per heavy atom. The van der Waals surface area contributed by atoms with Crippen LogP contribution < -0.4 is 5.32 Å². The molecule has 0 saturated carbocycles. The maximum Gasteiger partial charge on any atom is 0.256 e. The third kappa shape index (κ3) is 2.72. The Hall–Kier alpha value is -3.54. The molecule has 2 aromatic carbocycles. The summed E-state index contributed by atoms with van der Waals surface area (Å²) in [6.45, 7) is 0. The first kappa shape index (κ1) is 14.1. The van der Waals surface area contributed by atoms with Gasteiger partial charge < -0.3 is 5.32 Å². The highest BCUT2D eigenvalue weighted by molar-refractivity contribution is 6.04. The molecule has 4 aromatic rings. The van der Waals surface area contributed by atoms with Gasteiger partial charge in [0.1, 0.15) is 18.5 Å². The van der Waals surface area contributed by atoms with E-state index in [1.165, 1.54) is 6.33 Å². The highest BCUT2D eigenvalue weighted by Gasteiger charge is 2.08. The first-order valence-corrected chi connectivity index (χ1v) is 7.42. The summed E-state index contributed by atoms with van der Waals surface area (Å²) in [5, 5.41) is 7.91. The van der Waals surface area contributed by atoms with Crippen LogP contribution in [0.3, 0.4) is 0 Å². The van der Waals surface area contributed by atoms with E-state index in [0.29, 0.717) is 11.4 Å². The molecule has 2 aromatic heterocycles. The third-order valence-electron chi connectivity index (χ3n) is 3.65. The molecule has 6 heteroatoms. The zero-order valence-corrected chi connectivity index (χ0v) is 12.6. The van der Waals surface area contributed by atoms with Crippen LogP contribution in [-0.2, 0) is 0 Å². The van der Waals surface area contributed by atoms with Gasteiger partial charge in [-0.05, 0) is 42.5 Å². The van der Waals surface area contributed by atoms with Crippen LogP contribution in [0.25, 0.3) is 16.6 Å². The number of hydrogen-bond donors (Lipinski definition) is 1. The number of carbonyl (C=O) groups excluding carboxylic acids is 1. The Morgan fingerprint density at radius 3 is 2.58 bits per heavy atom. The number of fused-ring (bicyclic) bond motifs is 1. The lowest BCUT2D eigenvalue weighted by Gasteiger charge is -2.07. The minimum atomic E-state index is -0.206. The van der Waals surface area contributed by atoms with Gasteiger partial charge in [-0.25, -0.2) is 14.6 Å². The molecule has 4 rings (SSSR count). The van der Waals surface area contributed by atoms with Crippen LogP contribution in [0, 0.1) is 0 Å². The minimum absolute atomic E-state index is 0.206. The van der Waals surface area contributed by atoms with E-state index < -0.39 is 0 Å². The predicted octanol–water partition coefficient (Wildman–Crippen LogP) is 3.07. The summed E-state index contributed by atoms with van der Waals surface area (Å²) in [7, 11) is 0. The summed E-state index contributed by atoms with van der Waals surface area (Å²) in [6, 6.07) is 18.6. The number of aromatic nitrogens is 4. The molecule has 0 atom stereocenters. The highest BCUT2D eigenvalue weighted by atomic mass is 16.1. The van der Waals surface area contributed by atoms with E-state index in [2.05, 4.69) is 20.4 Å². The van der Waals surface area contributed by atoms with Crippen molar-refractivity contribution in [3.05, 3.63) is 78.9 Å². The van der Waals surface area contributed by atoms with Crippen LogP contribution in [0.1, 0.15) is 10.4 Å². The largest absolute Gasteiger partial charge is 0.307 e. The van der Waals surface area contributed by atoms with Gasteiger partial charge in [-0.15, -0.1) is 0 Å². The molecule has 0 aliphatic heterocycles. The smallest absolute Gasteiger partial charge is 0.256 e. The van der Waals surface area contributed by atoms with Crippen molar-refractivity contribution in [2.24, 2.45) is 0 Å². The SMILES string of the molecule is O=C(Nc1ccc2ccccc2n1)c1ccc(-n2cncn2)cc1. The van der Waals surface area contributed by atoms with Gasteiger partial charge >= 0.3 is 0 Å². The van der Waals surface area contributed by atoms with E-state index in [1.807, 2.05) is 42.5 Å². The lowest BCUT2D eigenvalue weighted by atomic mass is 10.2. The average molecular weight is 315 g/mol. The highest BCUT2D eigenvalue weighted by Crippen LogP contribution is 2.16. The Labute approximate surface area is 137 Å². The molecule has 1 N–H and O–H groups in total. The van der Waals surface area contributed by atoms with Gasteiger partial charge in [-0.2, -0.15) is 5.10 Å². The molecule has 0 aliphatic carbocycles. The van der Waals surface area contributed by atoms with E-state index >= 15 is 0 Å². The standard InChI is InChI=1S/C18H13N5O/c24-18(14-5-8-15(9-6-14)23-12-19-11-20-23)22-17-10-7-13-3-1-2-4-16(13)21-17/h1-12H,(H,21,22,24). The second-order valence-electron chi connectivity index (χ2n) is 5.23. The fourth-order valence-corrected chi connectivity index (χ4v) is 2.43. The minimum Gasteiger partial charge on any atom is -0.307 e. The van der Waals surface area contributed by atoms with Gasteiger partial charge in [0.2, 0.25) is 0 Å². The zero-order chi connectivity index (χ0) is 16.4. The summed E-state index contributed by atoms with van der Waals surface area (Å²) in [5.41, 5.74) is 2.23. The number of anilines is 1. The molecule has 6 nitrogen and oxygen atoms in total. The Balaban J connectivity index is 1.54. The average Bonchev–Trinajstić information content (AvgIpc) is 3.16. The molecule has 116 valence electrons. The van der Waals surface area contributed by atoms with E-state index in [1.54, 1.807) is 29.2 Å². The molecule has 0 bridgehead atoms. The summed E-state index contributed by atoms with van der Waals surface area (Å²) in [5.74, 6) is 0.321. The van der Waals surface area contributed by atoms with Crippen LogP contribution in [0.2, 0.25) is 0 Å². The monoisotopic (exact) mass is 315 g/mol. The quantitative estimate of drug-likeness (QED) is 0.630. The molecule has 0 unspecified atom stereocenters. The van der Waals surface area contributed by atoms with Crippen molar-refractivity contribution in [2.75, 3.05) is 5.32 Å². The number of amides is 1. The number of hydrogen-bond acceptors (Lipinski definition) is 4. The van der Waals surface area contributed by atoms with Crippen molar-refractivity contribution >= 4 is 22.6 Å². The van der Waals surface area contributed by atoms with E-state index in [0.717, 1.165) is 16.6 Å². The summed E-state index contributed by atoms with van der Waals surface area (Å²) in [4.78, 5) is 20.7. The van der Waals surface area contributed by atoms with Crippen molar-refractivity contribution in [2.45, 2.75) is 0 Å². The van der Waals surface area contributed by atoms with Crippen molar-refractivity contribution in [3.63, 3.8) is 0 Å². The molecule has 0 aliphatic rings. The van der Waals surface area contributed by atoms with Gasteiger partial charge in [-0.1, -0.05) is 18.2 Å². The predicted molar refractivity (Wildman–Crippen MR) is 91.1 cm³/mol. The van der Waals surface area contributed by atoms with Gasteiger partial charge in [-0.3, -0.25) is 4.79 Å². The molecule has 0 spiro atoms. The lowest BCUT2D eigenvalue weighted by Crippen LogP contribution is -2.13. The maximum absolute atomic E-state index is 12.4. The molecular weight excluding hydrogens is 302 g/mol. The molecule has 0 saturated heterocycles. The molecule has 0 fully saturated rings. The number of pyridine rings is 1. The van der Waals surface area contributed by atoms with E-state index in [4.69, 9.17) is 0 Å². The second kappa shape index (κ2) is 5.92. The first-order chi connectivity index (χ1) is 11.8. The number of rotatable bonds is 3. The molecule has 24 heavy (non-hydrogen) atoms. The Bertz CT molecular complexity index is 994. The van der Waals surface area contributed by atoms with E-state index in [9.17, 15) is 4.79 Å². The van der Waals surface area contributed by atoms with Gasteiger partial charge in [0, 0.05) is 10.9 Å². The third-order valence-corrected chi connectivity index (χ3v) is 3.65. The number of para-hydroxylation sites is 1. The number of benzene rings is 2. The fraction of sp³-hybridized carbons (Fsp3) is 0. The van der Waals surface area contributed by atoms with Crippen LogP contribution in [0.15, 0.2) is 73.3 Å². The van der Waals surface area contributed by atoms with Crippen molar-refractivity contribution in [1.29, 1.82) is 0 Å². The van der Waals surface area contributed by atoms with Crippen molar-refractivity contribution in [3.8, 4) is 5.69 Å². The number of nitrogens with zero attached hydrogens (tertiary/aromatic N) is 4. The zero-order valence-electron chi connectivity index (χ0n) is 12.6. The summed E-state index contributed by atoms with van der Waals surface area (Å²) >= 11 is 0. The summed E-state index contributed by atoms with van der Waals surface area (Å²) < 4.78 is 1.63. The molecule has 2 heterocycles. The Kier molecular flexibility index (Phi) is 3.47. The Morgan fingerprint density at radius 2 is 1.79 bits per heavy atom. The fourth-order valence-electron chi connectivity index (χ4n) is 2.43. The first-order valence-electron chi connectivity index (χ1n) is 7.42. The van der Waals surface area contributed by atoms with Gasteiger partial charge in [0.15, 0.2) is 0 Å². The van der Waals surface area contributed by atoms with Crippen LogP contribution in [-0.4, -0.2) is 25.7 Å². The maximum atomic E-state index is 12.4. The topological polar surface area (TPSA) is 72.7 Å². The van der Waals surface area contributed by atoms with E-state index in [-0.39, 0.29) is 5.91 Å². The van der Waals surface area contributed by atoms with Gasteiger partial charge in [0.25, 0.3) is 5.91 Å². The van der Waals surface area contributed by atoms with Crippen LogP contribution >= 0.6 is 0 Å². The van der Waals surface area contributed by atoms with Gasteiger partial charge in [0.05, 0.1) is 11.2 Å². The van der Waals surface area contributed by atoms with Crippen LogP contribution in [0.5, 0.6) is 0 Å². The molecule has 0 radical (unpaired) electrons. The summed E-state index contributed by atoms with van der Waals surface area (Å²) in [6.07, 6.45) is 3.07. The number of nitrogens with one attached hydrogen (secondary N) is 1.